The molecule has 0 radical (unpaired) electrons. The Morgan fingerprint density at radius 1 is 0.912 bits per heavy atom. The molecule has 0 bridgehead atoms. The molecule has 4 heteroatoms. The number of benzene rings is 4. The maximum absolute atomic E-state index is 11.2. The van der Waals surface area contributed by atoms with Crippen LogP contribution in [0.5, 0.6) is 0 Å². The molecule has 2 N–H and O–H groups in total. The molecule has 1 heterocycles. The van der Waals surface area contributed by atoms with E-state index in [-0.39, 0.29) is 6.04 Å². The van der Waals surface area contributed by atoms with Gasteiger partial charge in [-0.1, -0.05) is 72.8 Å². The molecule has 172 valence electrons. The number of carboxylic acid groups (broad SMARTS) is 1. The van der Waals surface area contributed by atoms with Gasteiger partial charge in [-0.25, -0.2) is 4.79 Å². The maximum Gasteiger partial charge on any atom is 0.335 e. The number of anilines is 1. The predicted molar refractivity (Wildman–Crippen MR) is 139 cm³/mol. The molecule has 0 unspecified atom stereocenters. The van der Waals surface area contributed by atoms with Gasteiger partial charge in [-0.3, -0.25) is 0 Å². The van der Waals surface area contributed by atoms with E-state index in [1.165, 1.54) is 21.9 Å². The lowest BCUT2D eigenvalue weighted by Gasteiger charge is -2.23. The largest absolute Gasteiger partial charge is 0.478 e. The van der Waals surface area contributed by atoms with Gasteiger partial charge in [0.05, 0.1) is 5.56 Å². The van der Waals surface area contributed by atoms with E-state index in [4.69, 9.17) is 0 Å². The van der Waals surface area contributed by atoms with Crippen molar-refractivity contribution in [3.05, 3.63) is 114 Å². The lowest BCUT2D eigenvalue weighted by atomic mass is 9.88. The standard InChI is InChI=1S/C30H30N2O2/c1-21(27-13-7-11-22-10-5-6-12-28(22)27)31-18-25-19-32(20-29(25)23-8-3-2-4-9-23)26-16-14-24(15-17-26)30(33)34/h2-17,21,25,29,31H,18-20H2,1H3,(H,33,34)/t21-,25-,29-/m1/s1. The minimum atomic E-state index is -0.889. The van der Waals surface area contributed by atoms with Crippen molar-refractivity contribution in [3.8, 4) is 0 Å². The Bertz CT molecular complexity index is 1260. The molecule has 4 nitrogen and oxygen atoms in total. The van der Waals surface area contributed by atoms with Crippen molar-refractivity contribution in [2.75, 3.05) is 24.5 Å². The van der Waals surface area contributed by atoms with Crippen LogP contribution in [0.3, 0.4) is 0 Å². The third-order valence-electron chi connectivity index (χ3n) is 7.12. The van der Waals surface area contributed by atoms with E-state index in [0.29, 0.717) is 17.4 Å². The van der Waals surface area contributed by atoms with Gasteiger partial charge in [-0.2, -0.15) is 0 Å². The first-order valence-electron chi connectivity index (χ1n) is 11.9. The molecule has 0 spiro atoms. The minimum absolute atomic E-state index is 0.242. The van der Waals surface area contributed by atoms with E-state index in [1.54, 1.807) is 12.1 Å². The molecule has 1 fully saturated rings. The Morgan fingerprint density at radius 3 is 2.38 bits per heavy atom. The molecule has 34 heavy (non-hydrogen) atoms. The number of rotatable bonds is 7. The number of hydrogen-bond donors (Lipinski definition) is 2. The van der Waals surface area contributed by atoms with Gasteiger partial charge in [-0.15, -0.1) is 0 Å². The Kier molecular flexibility index (Phi) is 6.33. The first-order chi connectivity index (χ1) is 16.6. The van der Waals surface area contributed by atoms with E-state index >= 15 is 0 Å². The SMILES string of the molecule is C[C@@H](NC[C@@H]1CN(c2ccc(C(=O)O)cc2)C[C@@H]1c1ccccc1)c1cccc2ccccc12. The van der Waals surface area contributed by atoms with Gasteiger partial charge in [0.15, 0.2) is 0 Å². The summed E-state index contributed by atoms with van der Waals surface area (Å²) in [5.41, 5.74) is 4.09. The van der Waals surface area contributed by atoms with Crippen LogP contribution in [0.2, 0.25) is 0 Å². The smallest absolute Gasteiger partial charge is 0.335 e. The topological polar surface area (TPSA) is 52.6 Å². The molecular formula is C30H30N2O2. The van der Waals surface area contributed by atoms with Crippen LogP contribution in [-0.2, 0) is 0 Å². The Hall–Kier alpha value is -3.63. The summed E-state index contributed by atoms with van der Waals surface area (Å²) in [6, 6.07) is 33.3. The van der Waals surface area contributed by atoms with E-state index in [1.807, 2.05) is 12.1 Å². The fraction of sp³-hybridized carbons (Fsp3) is 0.233. The number of nitrogens with zero attached hydrogens (tertiary/aromatic N) is 1. The van der Waals surface area contributed by atoms with Crippen LogP contribution in [0.4, 0.5) is 5.69 Å². The van der Waals surface area contributed by atoms with Gasteiger partial charge < -0.3 is 15.3 Å². The molecule has 1 saturated heterocycles. The van der Waals surface area contributed by atoms with Crippen molar-refractivity contribution in [1.82, 2.24) is 5.32 Å². The lowest BCUT2D eigenvalue weighted by molar-refractivity contribution is 0.0697. The molecule has 4 aromatic rings. The van der Waals surface area contributed by atoms with Crippen LogP contribution in [0.25, 0.3) is 10.8 Å². The summed E-state index contributed by atoms with van der Waals surface area (Å²) < 4.78 is 0. The number of carbonyl (C=O) groups is 1. The highest BCUT2D eigenvalue weighted by Gasteiger charge is 2.34. The van der Waals surface area contributed by atoms with Crippen LogP contribution < -0.4 is 10.2 Å². The van der Waals surface area contributed by atoms with Crippen molar-refractivity contribution in [1.29, 1.82) is 0 Å². The second-order valence-corrected chi connectivity index (χ2v) is 9.23. The highest BCUT2D eigenvalue weighted by Crippen LogP contribution is 2.36. The zero-order chi connectivity index (χ0) is 23.5. The van der Waals surface area contributed by atoms with Crippen molar-refractivity contribution in [3.63, 3.8) is 0 Å². The van der Waals surface area contributed by atoms with Gasteiger partial charge in [-0.05, 0) is 59.0 Å². The van der Waals surface area contributed by atoms with Crippen LogP contribution in [0, 0.1) is 5.92 Å². The predicted octanol–water partition coefficient (Wildman–Crippen LogP) is 6.11. The Balaban J connectivity index is 1.35. The quantitative estimate of drug-likeness (QED) is 0.357. The fourth-order valence-corrected chi connectivity index (χ4v) is 5.25. The summed E-state index contributed by atoms with van der Waals surface area (Å²) in [6.07, 6.45) is 0. The molecule has 3 atom stereocenters. The third-order valence-corrected chi connectivity index (χ3v) is 7.12. The first-order valence-corrected chi connectivity index (χ1v) is 11.9. The molecule has 5 rings (SSSR count). The van der Waals surface area contributed by atoms with E-state index in [0.717, 1.165) is 25.3 Å². The number of aromatic carboxylic acids is 1. The average molecular weight is 451 g/mol. The number of fused-ring (bicyclic) bond motifs is 1. The molecule has 4 aromatic carbocycles. The van der Waals surface area contributed by atoms with E-state index in [9.17, 15) is 9.90 Å². The summed E-state index contributed by atoms with van der Waals surface area (Å²) in [7, 11) is 0. The highest BCUT2D eigenvalue weighted by atomic mass is 16.4. The lowest BCUT2D eigenvalue weighted by Crippen LogP contribution is -2.30. The zero-order valence-electron chi connectivity index (χ0n) is 19.4. The highest BCUT2D eigenvalue weighted by molar-refractivity contribution is 5.88. The summed E-state index contributed by atoms with van der Waals surface area (Å²) in [5.74, 6) is -0.0359. The van der Waals surface area contributed by atoms with Crippen molar-refractivity contribution >= 4 is 22.4 Å². The number of hydrogen-bond acceptors (Lipinski definition) is 3. The molecule has 0 saturated carbocycles. The van der Waals surface area contributed by atoms with Gasteiger partial charge in [0, 0.05) is 37.3 Å². The van der Waals surface area contributed by atoms with Crippen molar-refractivity contribution < 1.29 is 9.90 Å². The summed E-state index contributed by atoms with van der Waals surface area (Å²) in [4.78, 5) is 13.6. The van der Waals surface area contributed by atoms with Gasteiger partial charge in [0.2, 0.25) is 0 Å². The molecule has 1 aliphatic rings. The van der Waals surface area contributed by atoms with Gasteiger partial charge in [0.25, 0.3) is 0 Å². The molecule has 0 aliphatic carbocycles. The van der Waals surface area contributed by atoms with E-state index < -0.39 is 5.97 Å². The van der Waals surface area contributed by atoms with Gasteiger partial charge in [0.1, 0.15) is 0 Å². The van der Waals surface area contributed by atoms with Crippen LogP contribution in [0.1, 0.15) is 40.4 Å². The minimum Gasteiger partial charge on any atom is -0.478 e. The normalized spacial score (nSPS) is 18.8. The van der Waals surface area contributed by atoms with E-state index in [2.05, 4.69) is 89.9 Å². The Labute approximate surface area is 200 Å². The molecule has 1 aliphatic heterocycles. The van der Waals surface area contributed by atoms with Crippen LogP contribution in [-0.4, -0.2) is 30.7 Å². The Morgan fingerprint density at radius 2 is 1.62 bits per heavy atom. The monoisotopic (exact) mass is 450 g/mol. The summed E-state index contributed by atoms with van der Waals surface area (Å²) in [6.45, 7) is 5.01. The van der Waals surface area contributed by atoms with Gasteiger partial charge >= 0.3 is 5.97 Å². The molecule has 0 amide bonds. The fourth-order valence-electron chi connectivity index (χ4n) is 5.25. The number of nitrogens with one attached hydrogen (secondary N) is 1. The van der Waals surface area contributed by atoms with Crippen molar-refractivity contribution in [2.45, 2.75) is 18.9 Å². The van der Waals surface area contributed by atoms with Crippen LogP contribution in [0.15, 0.2) is 97.1 Å². The third kappa shape index (κ3) is 4.55. The number of carboxylic acids is 1. The average Bonchev–Trinajstić information content (AvgIpc) is 3.32. The second-order valence-electron chi connectivity index (χ2n) is 9.23. The van der Waals surface area contributed by atoms with Crippen molar-refractivity contribution in [2.24, 2.45) is 5.92 Å². The molecule has 0 aromatic heterocycles. The first kappa shape index (κ1) is 22.2. The van der Waals surface area contributed by atoms with Crippen LogP contribution >= 0.6 is 0 Å². The maximum atomic E-state index is 11.2. The zero-order valence-corrected chi connectivity index (χ0v) is 19.4. The summed E-state index contributed by atoms with van der Waals surface area (Å²) in [5, 5.41) is 15.6. The molecular weight excluding hydrogens is 420 g/mol. The second kappa shape index (κ2) is 9.70. The summed E-state index contributed by atoms with van der Waals surface area (Å²) >= 11 is 0.